The SMILES string of the molecule is Cc1nn(Cc2ccsc2C(=O)NN)c(C)c1Br. The van der Waals surface area contributed by atoms with Crippen LogP contribution in [0.15, 0.2) is 15.9 Å². The van der Waals surface area contributed by atoms with E-state index >= 15 is 0 Å². The number of halogens is 1. The highest BCUT2D eigenvalue weighted by Crippen LogP contribution is 2.23. The summed E-state index contributed by atoms with van der Waals surface area (Å²) in [5, 5.41) is 6.30. The van der Waals surface area contributed by atoms with Crippen LogP contribution in [0.1, 0.15) is 26.6 Å². The normalized spacial score (nSPS) is 10.7. The maximum absolute atomic E-state index is 11.6. The molecule has 0 fully saturated rings. The van der Waals surface area contributed by atoms with Gasteiger partial charge in [-0.25, -0.2) is 5.84 Å². The van der Waals surface area contributed by atoms with E-state index in [9.17, 15) is 4.79 Å². The minimum absolute atomic E-state index is 0.263. The number of nitrogens with two attached hydrogens (primary N) is 1. The molecule has 2 heterocycles. The second kappa shape index (κ2) is 5.21. The predicted octanol–water partition coefficient (Wildman–Crippen LogP) is 1.98. The number of nitrogens with one attached hydrogen (secondary N) is 1. The molecule has 0 aliphatic carbocycles. The van der Waals surface area contributed by atoms with E-state index in [0.29, 0.717) is 11.4 Å². The van der Waals surface area contributed by atoms with E-state index in [-0.39, 0.29) is 5.91 Å². The summed E-state index contributed by atoms with van der Waals surface area (Å²) < 4.78 is 2.87. The molecule has 0 bridgehead atoms. The number of amides is 1. The lowest BCUT2D eigenvalue weighted by Crippen LogP contribution is -2.30. The van der Waals surface area contributed by atoms with Crippen molar-refractivity contribution in [3.05, 3.63) is 37.7 Å². The molecule has 0 unspecified atom stereocenters. The van der Waals surface area contributed by atoms with Gasteiger partial charge in [0.15, 0.2) is 0 Å². The molecule has 2 aromatic heterocycles. The molecule has 2 aromatic rings. The predicted molar refractivity (Wildman–Crippen MR) is 74.5 cm³/mol. The molecule has 3 N–H and O–H groups in total. The third kappa shape index (κ3) is 2.33. The lowest BCUT2D eigenvalue weighted by Gasteiger charge is -2.05. The second-order valence-electron chi connectivity index (χ2n) is 3.89. The summed E-state index contributed by atoms with van der Waals surface area (Å²) in [6.07, 6.45) is 0. The summed E-state index contributed by atoms with van der Waals surface area (Å²) >= 11 is 4.86. The van der Waals surface area contributed by atoms with Crippen molar-refractivity contribution < 1.29 is 4.79 Å². The average Bonchev–Trinajstić information content (AvgIpc) is 2.91. The van der Waals surface area contributed by atoms with Crippen LogP contribution in [0.25, 0.3) is 0 Å². The second-order valence-corrected chi connectivity index (χ2v) is 5.60. The molecule has 0 aromatic carbocycles. The first-order valence-electron chi connectivity index (χ1n) is 5.31. The first-order chi connectivity index (χ1) is 8.54. The summed E-state index contributed by atoms with van der Waals surface area (Å²) in [6, 6.07) is 1.92. The van der Waals surface area contributed by atoms with Gasteiger partial charge in [0, 0.05) is 0 Å². The molecular weight excluding hydrogens is 316 g/mol. The zero-order valence-corrected chi connectivity index (χ0v) is 12.4. The summed E-state index contributed by atoms with van der Waals surface area (Å²) in [5.74, 6) is 4.90. The Hall–Kier alpha value is -1.18. The third-order valence-corrected chi connectivity index (χ3v) is 4.80. The van der Waals surface area contributed by atoms with Crippen LogP contribution in [0.2, 0.25) is 0 Å². The molecule has 18 heavy (non-hydrogen) atoms. The largest absolute Gasteiger partial charge is 0.289 e. The van der Waals surface area contributed by atoms with E-state index in [0.717, 1.165) is 21.4 Å². The van der Waals surface area contributed by atoms with Crippen molar-refractivity contribution in [2.75, 3.05) is 0 Å². The molecule has 5 nitrogen and oxygen atoms in total. The van der Waals surface area contributed by atoms with Crippen LogP contribution in [-0.4, -0.2) is 15.7 Å². The Morgan fingerprint density at radius 3 is 2.89 bits per heavy atom. The van der Waals surface area contributed by atoms with Crippen LogP contribution in [0.5, 0.6) is 0 Å². The Labute approximate surface area is 117 Å². The van der Waals surface area contributed by atoms with E-state index in [2.05, 4.69) is 26.5 Å². The maximum atomic E-state index is 11.6. The Morgan fingerprint density at radius 1 is 1.61 bits per heavy atom. The Morgan fingerprint density at radius 2 is 2.33 bits per heavy atom. The molecule has 0 radical (unpaired) electrons. The van der Waals surface area contributed by atoms with Gasteiger partial charge in [0.05, 0.1) is 27.3 Å². The summed E-state index contributed by atoms with van der Waals surface area (Å²) in [5.41, 5.74) is 5.05. The van der Waals surface area contributed by atoms with Gasteiger partial charge in [-0.05, 0) is 46.8 Å². The number of carbonyl (C=O) groups excluding carboxylic acids is 1. The van der Waals surface area contributed by atoms with Crippen LogP contribution in [-0.2, 0) is 6.54 Å². The topological polar surface area (TPSA) is 72.9 Å². The number of hydrazine groups is 1. The van der Waals surface area contributed by atoms with Crippen LogP contribution in [0.4, 0.5) is 0 Å². The first kappa shape index (κ1) is 13.3. The number of thiophene rings is 1. The standard InChI is InChI=1S/C11H13BrN4OS/c1-6-9(12)7(2)16(15-6)5-8-3-4-18-10(8)11(17)14-13/h3-4H,5,13H2,1-2H3,(H,14,17). The average molecular weight is 329 g/mol. The third-order valence-electron chi connectivity index (χ3n) is 2.70. The van der Waals surface area contributed by atoms with E-state index < -0.39 is 0 Å². The fourth-order valence-corrected chi connectivity index (χ4v) is 2.82. The number of aryl methyl sites for hydroxylation is 1. The minimum atomic E-state index is -0.263. The molecule has 0 saturated carbocycles. The fraction of sp³-hybridized carbons (Fsp3) is 0.273. The van der Waals surface area contributed by atoms with Crippen molar-refractivity contribution in [2.45, 2.75) is 20.4 Å². The molecule has 1 amide bonds. The zero-order chi connectivity index (χ0) is 13.3. The molecule has 0 saturated heterocycles. The number of nitrogen functional groups attached to an aromatic ring is 1. The van der Waals surface area contributed by atoms with E-state index in [1.165, 1.54) is 11.3 Å². The van der Waals surface area contributed by atoms with Crippen LogP contribution < -0.4 is 11.3 Å². The molecular formula is C11H13BrN4OS. The van der Waals surface area contributed by atoms with Crippen LogP contribution >= 0.6 is 27.3 Å². The lowest BCUT2D eigenvalue weighted by molar-refractivity contribution is 0.0956. The number of hydrogen-bond acceptors (Lipinski definition) is 4. The van der Waals surface area contributed by atoms with Gasteiger partial charge in [0.25, 0.3) is 5.91 Å². The number of aromatic nitrogens is 2. The number of hydrogen-bond donors (Lipinski definition) is 2. The van der Waals surface area contributed by atoms with Crippen molar-refractivity contribution >= 4 is 33.2 Å². The minimum Gasteiger partial charge on any atom is -0.289 e. The monoisotopic (exact) mass is 328 g/mol. The highest BCUT2D eigenvalue weighted by molar-refractivity contribution is 9.10. The van der Waals surface area contributed by atoms with Gasteiger partial charge in [-0.1, -0.05) is 0 Å². The fourth-order valence-electron chi connectivity index (χ4n) is 1.72. The quantitative estimate of drug-likeness (QED) is 0.514. The van der Waals surface area contributed by atoms with E-state index in [1.807, 2.05) is 30.0 Å². The van der Waals surface area contributed by atoms with Crippen molar-refractivity contribution in [1.29, 1.82) is 0 Å². The maximum Gasteiger partial charge on any atom is 0.275 e. The van der Waals surface area contributed by atoms with Crippen LogP contribution in [0, 0.1) is 13.8 Å². The Bertz CT molecular complexity index is 590. The van der Waals surface area contributed by atoms with Crippen LogP contribution in [0.3, 0.4) is 0 Å². The highest BCUT2D eigenvalue weighted by atomic mass is 79.9. The van der Waals surface area contributed by atoms with Crippen molar-refractivity contribution in [2.24, 2.45) is 5.84 Å². The summed E-state index contributed by atoms with van der Waals surface area (Å²) in [4.78, 5) is 12.2. The summed E-state index contributed by atoms with van der Waals surface area (Å²) in [6.45, 7) is 4.48. The molecule has 2 rings (SSSR count). The first-order valence-corrected chi connectivity index (χ1v) is 6.98. The van der Waals surface area contributed by atoms with E-state index in [4.69, 9.17) is 5.84 Å². The van der Waals surface area contributed by atoms with Crippen molar-refractivity contribution in [1.82, 2.24) is 15.2 Å². The molecule has 0 aliphatic heterocycles. The lowest BCUT2D eigenvalue weighted by atomic mass is 10.2. The molecule has 0 aliphatic rings. The van der Waals surface area contributed by atoms with Gasteiger partial charge in [-0.15, -0.1) is 11.3 Å². The molecule has 0 atom stereocenters. The molecule has 0 spiro atoms. The smallest absolute Gasteiger partial charge is 0.275 e. The Balaban J connectivity index is 2.32. The zero-order valence-electron chi connectivity index (χ0n) is 10.0. The van der Waals surface area contributed by atoms with Gasteiger partial charge >= 0.3 is 0 Å². The van der Waals surface area contributed by atoms with Gasteiger partial charge < -0.3 is 0 Å². The van der Waals surface area contributed by atoms with Gasteiger partial charge in [0.2, 0.25) is 0 Å². The van der Waals surface area contributed by atoms with Crippen molar-refractivity contribution in [3.8, 4) is 0 Å². The molecule has 7 heteroatoms. The van der Waals surface area contributed by atoms with Crippen molar-refractivity contribution in [3.63, 3.8) is 0 Å². The number of carbonyl (C=O) groups is 1. The van der Waals surface area contributed by atoms with E-state index in [1.54, 1.807) is 0 Å². The Kier molecular flexibility index (Phi) is 3.84. The highest BCUT2D eigenvalue weighted by Gasteiger charge is 2.15. The summed E-state index contributed by atoms with van der Waals surface area (Å²) in [7, 11) is 0. The number of rotatable bonds is 3. The van der Waals surface area contributed by atoms with Gasteiger partial charge in [0.1, 0.15) is 0 Å². The molecule has 96 valence electrons. The number of nitrogens with zero attached hydrogens (tertiary/aromatic N) is 2. The van der Waals surface area contributed by atoms with Gasteiger partial charge in [-0.2, -0.15) is 5.10 Å². The van der Waals surface area contributed by atoms with Gasteiger partial charge in [-0.3, -0.25) is 14.9 Å².